The van der Waals surface area contributed by atoms with Crippen LogP contribution in [-0.4, -0.2) is 35.0 Å². The molecule has 0 saturated carbocycles. The second kappa shape index (κ2) is 4.31. The molecule has 4 nitrogen and oxygen atoms in total. The van der Waals surface area contributed by atoms with Crippen LogP contribution in [0.2, 0.25) is 0 Å². The Kier molecular flexibility index (Phi) is 2.80. The zero-order valence-corrected chi connectivity index (χ0v) is 10.9. The van der Waals surface area contributed by atoms with Crippen molar-refractivity contribution in [3.8, 4) is 0 Å². The van der Waals surface area contributed by atoms with Crippen molar-refractivity contribution < 1.29 is 4.79 Å². The van der Waals surface area contributed by atoms with Crippen molar-refractivity contribution in [2.75, 3.05) is 13.1 Å². The fourth-order valence-corrected chi connectivity index (χ4v) is 3.05. The van der Waals surface area contributed by atoms with Crippen LogP contribution in [0.4, 0.5) is 4.79 Å². The molecule has 1 aromatic carbocycles. The number of nitrogens with zero attached hydrogens (tertiary/aromatic N) is 1. The largest absolute Gasteiger partial charge is 0.337 e. The predicted molar refractivity (Wildman–Crippen MR) is 68.9 cm³/mol. The van der Waals surface area contributed by atoms with E-state index in [9.17, 15) is 4.79 Å². The van der Waals surface area contributed by atoms with E-state index in [1.165, 1.54) is 5.56 Å². The lowest BCUT2D eigenvalue weighted by molar-refractivity contribution is 0.175. The molecule has 2 heterocycles. The van der Waals surface area contributed by atoms with Crippen molar-refractivity contribution in [2.45, 2.75) is 17.0 Å². The summed E-state index contributed by atoms with van der Waals surface area (Å²) in [5.41, 5.74) is 1.23. The van der Waals surface area contributed by atoms with Crippen molar-refractivity contribution in [3.63, 3.8) is 0 Å². The molecule has 3 unspecified atom stereocenters. The molecule has 5 heteroatoms. The topological polar surface area (TPSA) is 44.4 Å². The monoisotopic (exact) mass is 295 g/mol. The number of hydrogen-bond donors (Lipinski definition) is 2. The molecule has 1 aromatic rings. The van der Waals surface area contributed by atoms with Gasteiger partial charge in [0.2, 0.25) is 0 Å². The maximum atomic E-state index is 11.8. The zero-order chi connectivity index (χ0) is 11.8. The molecule has 2 N–H and O–H groups in total. The minimum absolute atomic E-state index is 0.0247. The lowest BCUT2D eigenvalue weighted by atomic mass is 10.1. The molecule has 0 spiro atoms. The molecular formula is C12H14BrN3O. The minimum Gasteiger partial charge on any atom is -0.337 e. The number of carbonyl (C=O) groups is 1. The number of halogens is 1. The average molecular weight is 296 g/mol. The highest BCUT2D eigenvalue weighted by molar-refractivity contribution is 9.09. The Labute approximate surface area is 108 Å². The van der Waals surface area contributed by atoms with Gasteiger partial charge in [0.1, 0.15) is 0 Å². The van der Waals surface area contributed by atoms with Gasteiger partial charge in [-0.3, -0.25) is 5.32 Å². The van der Waals surface area contributed by atoms with Gasteiger partial charge in [-0.2, -0.15) is 0 Å². The summed E-state index contributed by atoms with van der Waals surface area (Å²) in [5.74, 6) is 0. The van der Waals surface area contributed by atoms with Crippen LogP contribution in [-0.2, 0) is 0 Å². The third kappa shape index (κ3) is 1.93. The van der Waals surface area contributed by atoms with E-state index in [-0.39, 0.29) is 23.1 Å². The maximum absolute atomic E-state index is 11.8. The fourth-order valence-electron chi connectivity index (χ4n) is 2.45. The van der Waals surface area contributed by atoms with Gasteiger partial charge >= 0.3 is 6.03 Å². The predicted octanol–water partition coefficient (Wildman–Crippen LogP) is 1.45. The fraction of sp³-hybridized carbons (Fsp3) is 0.417. The highest BCUT2D eigenvalue weighted by Crippen LogP contribution is 2.27. The Morgan fingerprint density at radius 2 is 2.06 bits per heavy atom. The van der Waals surface area contributed by atoms with Gasteiger partial charge < -0.3 is 10.2 Å². The molecular weight excluding hydrogens is 282 g/mol. The van der Waals surface area contributed by atoms with E-state index in [2.05, 4.69) is 38.7 Å². The number of fused-ring (bicyclic) bond motifs is 1. The van der Waals surface area contributed by atoms with Crippen LogP contribution < -0.4 is 10.6 Å². The van der Waals surface area contributed by atoms with E-state index in [4.69, 9.17) is 0 Å². The number of alkyl halides is 1. The van der Waals surface area contributed by atoms with Gasteiger partial charge in [0.05, 0.1) is 17.0 Å². The summed E-state index contributed by atoms with van der Waals surface area (Å²) in [7, 11) is 0. The van der Waals surface area contributed by atoms with E-state index >= 15 is 0 Å². The average Bonchev–Trinajstić information content (AvgIpc) is 2.81. The first-order valence-electron chi connectivity index (χ1n) is 5.75. The van der Waals surface area contributed by atoms with Gasteiger partial charge in [0, 0.05) is 13.1 Å². The standard InChI is InChI=1S/C12H14BrN3O/c13-9-6-14-12(17)16-7-10(15-11(9)16)8-4-2-1-3-5-8/h1-5,9-11,15H,6-7H2,(H,14,17). The van der Waals surface area contributed by atoms with E-state index in [0.29, 0.717) is 6.54 Å². The number of amides is 2. The van der Waals surface area contributed by atoms with Crippen LogP contribution in [0.5, 0.6) is 0 Å². The second-order valence-corrected chi connectivity index (χ2v) is 5.61. The van der Waals surface area contributed by atoms with Gasteiger partial charge in [-0.1, -0.05) is 46.3 Å². The van der Waals surface area contributed by atoms with Crippen molar-refractivity contribution in [1.82, 2.24) is 15.5 Å². The van der Waals surface area contributed by atoms with Gasteiger partial charge in [-0.25, -0.2) is 4.79 Å². The first-order chi connectivity index (χ1) is 8.25. The van der Waals surface area contributed by atoms with Crippen molar-refractivity contribution >= 4 is 22.0 Å². The molecule has 2 saturated heterocycles. The van der Waals surface area contributed by atoms with Gasteiger partial charge in [-0.05, 0) is 5.56 Å². The number of hydrogen-bond acceptors (Lipinski definition) is 2. The zero-order valence-electron chi connectivity index (χ0n) is 9.27. The number of nitrogens with one attached hydrogen (secondary N) is 2. The highest BCUT2D eigenvalue weighted by atomic mass is 79.9. The highest BCUT2D eigenvalue weighted by Gasteiger charge is 2.41. The molecule has 17 heavy (non-hydrogen) atoms. The summed E-state index contributed by atoms with van der Waals surface area (Å²) in [6.45, 7) is 1.40. The summed E-state index contributed by atoms with van der Waals surface area (Å²) >= 11 is 3.60. The number of rotatable bonds is 1. The quantitative estimate of drug-likeness (QED) is 0.770. The molecule has 2 amide bonds. The van der Waals surface area contributed by atoms with E-state index in [1.807, 2.05) is 23.1 Å². The summed E-state index contributed by atoms with van der Waals surface area (Å²) in [5, 5.41) is 6.38. The number of carbonyl (C=O) groups excluding carboxylic acids is 1. The second-order valence-electron chi connectivity index (χ2n) is 4.43. The first kappa shape index (κ1) is 11.0. The Morgan fingerprint density at radius 3 is 2.76 bits per heavy atom. The van der Waals surface area contributed by atoms with Crippen LogP contribution in [0.1, 0.15) is 11.6 Å². The van der Waals surface area contributed by atoms with E-state index in [0.717, 1.165) is 6.54 Å². The molecule has 2 aliphatic heterocycles. The molecule has 2 fully saturated rings. The molecule has 0 aliphatic carbocycles. The molecule has 0 bridgehead atoms. The number of benzene rings is 1. The van der Waals surface area contributed by atoms with Gasteiger partial charge in [0.15, 0.2) is 0 Å². The van der Waals surface area contributed by atoms with E-state index in [1.54, 1.807) is 0 Å². The van der Waals surface area contributed by atoms with Gasteiger partial charge in [0.25, 0.3) is 0 Å². The summed E-state index contributed by atoms with van der Waals surface area (Å²) in [6.07, 6.45) is 0.0916. The maximum Gasteiger partial charge on any atom is 0.318 e. The van der Waals surface area contributed by atoms with Crippen LogP contribution in [0.25, 0.3) is 0 Å². The molecule has 3 atom stereocenters. The molecule has 2 aliphatic rings. The van der Waals surface area contributed by atoms with Crippen LogP contribution >= 0.6 is 15.9 Å². The Hall–Kier alpha value is -1.07. The van der Waals surface area contributed by atoms with Crippen molar-refractivity contribution in [2.24, 2.45) is 0 Å². The molecule has 90 valence electrons. The lowest BCUT2D eigenvalue weighted by Gasteiger charge is -2.33. The Balaban J connectivity index is 1.82. The van der Waals surface area contributed by atoms with Crippen molar-refractivity contribution in [3.05, 3.63) is 35.9 Å². The smallest absolute Gasteiger partial charge is 0.318 e. The lowest BCUT2D eigenvalue weighted by Crippen LogP contribution is -2.58. The summed E-state index contributed by atoms with van der Waals surface area (Å²) < 4.78 is 0. The molecule has 0 radical (unpaired) electrons. The van der Waals surface area contributed by atoms with Crippen LogP contribution in [0.15, 0.2) is 30.3 Å². The third-order valence-electron chi connectivity index (χ3n) is 3.34. The summed E-state index contributed by atoms with van der Waals surface area (Å²) in [4.78, 5) is 13.9. The van der Waals surface area contributed by atoms with Crippen LogP contribution in [0.3, 0.4) is 0 Å². The van der Waals surface area contributed by atoms with Crippen molar-refractivity contribution in [1.29, 1.82) is 0 Å². The van der Waals surface area contributed by atoms with Gasteiger partial charge in [-0.15, -0.1) is 0 Å². The first-order valence-corrected chi connectivity index (χ1v) is 6.67. The normalized spacial score (nSPS) is 32.2. The minimum atomic E-state index is 0.0247. The van der Waals surface area contributed by atoms with Crippen LogP contribution in [0, 0.1) is 0 Å². The summed E-state index contributed by atoms with van der Waals surface area (Å²) in [6, 6.07) is 10.5. The molecule has 0 aromatic heterocycles. The Morgan fingerprint density at radius 1 is 1.29 bits per heavy atom. The third-order valence-corrected chi connectivity index (χ3v) is 4.17. The Bertz CT molecular complexity index is 425. The van der Waals surface area contributed by atoms with E-state index < -0.39 is 0 Å². The SMILES string of the molecule is O=C1NCC(Br)C2NC(c3ccccc3)CN12. The molecule has 3 rings (SSSR count). The number of urea groups is 1.